The summed E-state index contributed by atoms with van der Waals surface area (Å²) in [6, 6.07) is 15.9. The van der Waals surface area contributed by atoms with Gasteiger partial charge in [-0.3, -0.25) is 9.69 Å². The van der Waals surface area contributed by atoms with Crippen LogP contribution in [0.2, 0.25) is 0 Å². The first-order chi connectivity index (χ1) is 16.0. The van der Waals surface area contributed by atoms with E-state index >= 15 is 0 Å². The van der Waals surface area contributed by atoms with Crippen molar-refractivity contribution in [2.45, 2.75) is 38.3 Å². The molecule has 3 aliphatic heterocycles. The van der Waals surface area contributed by atoms with E-state index in [0.29, 0.717) is 32.1 Å². The summed E-state index contributed by atoms with van der Waals surface area (Å²) >= 11 is 0. The van der Waals surface area contributed by atoms with Gasteiger partial charge in [0.1, 0.15) is 5.54 Å². The number of hydrogen-bond donors (Lipinski definition) is 0. The molecule has 33 heavy (non-hydrogen) atoms. The predicted molar refractivity (Wildman–Crippen MR) is 124 cm³/mol. The zero-order valence-electron chi connectivity index (χ0n) is 19.3. The molecular formula is C26H31N3O4. The van der Waals surface area contributed by atoms with Crippen molar-refractivity contribution < 1.29 is 19.1 Å². The van der Waals surface area contributed by atoms with Crippen LogP contribution in [0.3, 0.4) is 0 Å². The highest BCUT2D eigenvalue weighted by Crippen LogP contribution is 2.38. The Kier molecular flexibility index (Phi) is 5.74. The van der Waals surface area contributed by atoms with Crippen LogP contribution < -0.4 is 9.47 Å². The quantitative estimate of drug-likeness (QED) is 0.632. The zero-order valence-corrected chi connectivity index (χ0v) is 19.3. The second kappa shape index (κ2) is 8.71. The summed E-state index contributed by atoms with van der Waals surface area (Å²) in [5.74, 6) is 2.04. The molecule has 2 aromatic carbocycles. The van der Waals surface area contributed by atoms with Crippen LogP contribution in [0.4, 0.5) is 4.79 Å². The van der Waals surface area contributed by atoms with Crippen molar-refractivity contribution in [2.24, 2.45) is 5.92 Å². The number of fused-ring (bicyclic) bond motifs is 1. The molecule has 3 heterocycles. The van der Waals surface area contributed by atoms with Crippen LogP contribution in [0.5, 0.6) is 11.5 Å². The number of likely N-dealkylation sites (tertiary alicyclic amines) is 1. The Morgan fingerprint density at radius 1 is 0.970 bits per heavy atom. The van der Waals surface area contributed by atoms with E-state index in [0.717, 1.165) is 43.1 Å². The monoisotopic (exact) mass is 449 g/mol. The van der Waals surface area contributed by atoms with Crippen LogP contribution in [-0.2, 0) is 17.8 Å². The highest BCUT2D eigenvalue weighted by atomic mass is 16.7. The van der Waals surface area contributed by atoms with Crippen LogP contribution in [-0.4, -0.2) is 65.7 Å². The second-order valence-electron chi connectivity index (χ2n) is 9.55. The standard InChI is InChI=1S/C26H31N3O4/c1-19(14-21-8-9-22-23(15-21)33-18-32-22)16-28-12-10-26(11-13-28)24(30)27(2)25(31)29(26)17-20-6-4-3-5-7-20/h3-9,15,19H,10-14,16-18H2,1-2H3/t19-/m0/s1. The number of rotatable bonds is 6. The van der Waals surface area contributed by atoms with Gasteiger partial charge in [0.2, 0.25) is 6.79 Å². The van der Waals surface area contributed by atoms with Crippen LogP contribution in [0.25, 0.3) is 0 Å². The molecule has 2 aromatic rings. The normalized spacial score (nSPS) is 20.7. The third-order valence-corrected chi connectivity index (χ3v) is 7.19. The molecule has 7 heteroatoms. The average molecular weight is 450 g/mol. The van der Waals surface area contributed by atoms with E-state index in [1.165, 1.54) is 10.5 Å². The highest BCUT2D eigenvalue weighted by molar-refractivity contribution is 6.06. The number of likely N-dealkylation sites (N-methyl/N-ethyl adjacent to an activating group) is 1. The number of nitrogens with zero attached hydrogens (tertiary/aromatic N) is 3. The summed E-state index contributed by atoms with van der Waals surface area (Å²) in [4.78, 5) is 31.7. The fraction of sp³-hybridized carbons (Fsp3) is 0.462. The fourth-order valence-electron chi connectivity index (χ4n) is 5.43. The Morgan fingerprint density at radius 2 is 1.70 bits per heavy atom. The Morgan fingerprint density at radius 3 is 2.45 bits per heavy atom. The lowest BCUT2D eigenvalue weighted by Gasteiger charge is -2.42. The Bertz CT molecular complexity index is 1030. The van der Waals surface area contributed by atoms with Crippen LogP contribution >= 0.6 is 0 Å². The zero-order chi connectivity index (χ0) is 23.0. The minimum atomic E-state index is -0.723. The lowest BCUT2D eigenvalue weighted by molar-refractivity contribution is -0.135. The summed E-state index contributed by atoms with van der Waals surface area (Å²) in [5, 5.41) is 0. The molecule has 0 saturated carbocycles. The topological polar surface area (TPSA) is 62.3 Å². The lowest BCUT2D eigenvalue weighted by Crippen LogP contribution is -2.56. The molecule has 3 amide bonds. The molecule has 2 saturated heterocycles. The van der Waals surface area contributed by atoms with Crippen LogP contribution in [0.15, 0.2) is 48.5 Å². The minimum Gasteiger partial charge on any atom is -0.454 e. The van der Waals surface area contributed by atoms with E-state index in [9.17, 15) is 9.59 Å². The first-order valence-corrected chi connectivity index (χ1v) is 11.7. The molecule has 174 valence electrons. The largest absolute Gasteiger partial charge is 0.454 e. The number of ether oxygens (including phenoxy) is 2. The van der Waals surface area contributed by atoms with Crippen molar-refractivity contribution >= 4 is 11.9 Å². The van der Waals surface area contributed by atoms with E-state index in [2.05, 4.69) is 24.0 Å². The Balaban J connectivity index is 1.22. The summed E-state index contributed by atoms with van der Waals surface area (Å²) in [6.07, 6.45) is 2.30. The van der Waals surface area contributed by atoms with Gasteiger partial charge in [0.05, 0.1) is 0 Å². The van der Waals surface area contributed by atoms with Gasteiger partial charge in [0.25, 0.3) is 5.91 Å². The number of benzene rings is 2. The fourth-order valence-corrected chi connectivity index (χ4v) is 5.43. The van der Waals surface area contributed by atoms with Crippen molar-refractivity contribution in [1.29, 1.82) is 0 Å². The SMILES string of the molecule is C[C@@H](Cc1ccc2c(c1)OCO2)CN1CCC2(CC1)C(=O)N(C)C(=O)N2Cc1ccccc1. The number of carbonyl (C=O) groups is 2. The summed E-state index contributed by atoms with van der Waals surface area (Å²) in [7, 11) is 1.61. The molecule has 5 rings (SSSR count). The van der Waals surface area contributed by atoms with Gasteiger partial charge < -0.3 is 19.3 Å². The number of imide groups is 1. The van der Waals surface area contributed by atoms with Crippen molar-refractivity contribution in [3.63, 3.8) is 0 Å². The van der Waals surface area contributed by atoms with Crippen molar-refractivity contribution in [3.8, 4) is 11.5 Å². The van der Waals surface area contributed by atoms with Gasteiger partial charge in [-0.2, -0.15) is 0 Å². The van der Waals surface area contributed by atoms with E-state index in [1.807, 2.05) is 36.4 Å². The predicted octanol–water partition coefficient (Wildman–Crippen LogP) is 3.52. The van der Waals surface area contributed by atoms with Crippen LogP contribution in [0.1, 0.15) is 30.9 Å². The molecule has 3 aliphatic rings. The van der Waals surface area contributed by atoms with Gasteiger partial charge in [-0.25, -0.2) is 4.79 Å². The van der Waals surface area contributed by atoms with Gasteiger partial charge in [-0.15, -0.1) is 0 Å². The van der Waals surface area contributed by atoms with Crippen molar-refractivity contribution in [2.75, 3.05) is 33.5 Å². The van der Waals surface area contributed by atoms with Gasteiger partial charge in [0, 0.05) is 33.2 Å². The lowest BCUT2D eigenvalue weighted by atomic mass is 9.85. The molecule has 2 fully saturated rings. The van der Waals surface area contributed by atoms with Gasteiger partial charge >= 0.3 is 6.03 Å². The molecule has 7 nitrogen and oxygen atoms in total. The molecule has 0 aromatic heterocycles. The highest BCUT2D eigenvalue weighted by Gasteiger charge is 2.56. The first-order valence-electron chi connectivity index (χ1n) is 11.7. The maximum atomic E-state index is 13.2. The third-order valence-electron chi connectivity index (χ3n) is 7.19. The maximum absolute atomic E-state index is 13.2. The molecule has 0 unspecified atom stereocenters. The molecule has 1 atom stereocenters. The molecule has 1 spiro atoms. The summed E-state index contributed by atoms with van der Waals surface area (Å²) in [6.45, 7) is 5.60. The average Bonchev–Trinajstić information content (AvgIpc) is 3.35. The maximum Gasteiger partial charge on any atom is 0.327 e. The number of urea groups is 1. The smallest absolute Gasteiger partial charge is 0.327 e. The third kappa shape index (κ3) is 4.06. The molecular weight excluding hydrogens is 418 g/mol. The summed E-state index contributed by atoms with van der Waals surface area (Å²) < 4.78 is 10.9. The van der Waals surface area contributed by atoms with E-state index in [4.69, 9.17) is 9.47 Å². The summed E-state index contributed by atoms with van der Waals surface area (Å²) in [5.41, 5.74) is 1.57. The van der Waals surface area contributed by atoms with Gasteiger partial charge in [-0.1, -0.05) is 43.3 Å². The van der Waals surface area contributed by atoms with E-state index < -0.39 is 5.54 Å². The number of hydrogen-bond acceptors (Lipinski definition) is 5. The Hall–Kier alpha value is -3.06. The number of carbonyl (C=O) groups excluding carboxylic acids is 2. The van der Waals surface area contributed by atoms with E-state index in [1.54, 1.807) is 11.9 Å². The Labute approximate surface area is 194 Å². The first kappa shape index (κ1) is 21.8. The van der Waals surface area contributed by atoms with Crippen LogP contribution in [0, 0.1) is 5.92 Å². The van der Waals surface area contributed by atoms with Gasteiger partial charge in [0.15, 0.2) is 11.5 Å². The minimum absolute atomic E-state index is 0.0588. The molecule has 0 radical (unpaired) electrons. The van der Waals surface area contributed by atoms with Gasteiger partial charge in [-0.05, 0) is 48.4 Å². The molecule has 0 aliphatic carbocycles. The second-order valence-corrected chi connectivity index (χ2v) is 9.55. The van der Waals surface area contributed by atoms with Crippen molar-refractivity contribution in [3.05, 3.63) is 59.7 Å². The van der Waals surface area contributed by atoms with E-state index in [-0.39, 0.29) is 11.9 Å². The number of piperidine rings is 1. The van der Waals surface area contributed by atoms with Crippen molar-refractivity contribution in [1.82, 2.24) is 14.7 Å². The molecule has 0 bridgehead atoms. The number of amides is 3. The molecule has 0 N–H and O–H groups in total.